The van der Waals surface area contributed by atoms with Crippen LogP contribution in [0.4, 0.5) is 0 Å². The van der Waals surface area contributed by atoms with Crippen molar-refractivity contribution in [2.45, 2.75) is 26.9 Å². The Morgan fingerprint density at radius 2 is 2.04 bits per heavy atom. The highest BCUT2D eigenvalue weighted by Gasteiger charge is 2.14. The molecule has 1 aromatic heterocycles. The van der Waals surface area contributed by atoms with Crippen molar-refractivity contribution < 1.29 is 4.74 Å². The van der Waals surface area contributed by atoms with Gasteiger partial charge in [-0.1, -0.05) is 22.0 Å². The maximum absolute atomic E-state index is 9.69. The highest BCUT2D eigenvalue weighted by molar-refractivity contribution is 9.11. The van der Waals surface area contributed by atoms with E-state index in [9.17, 15) is 5.26 Å². The largest absolute Gasteiger partial charge is 0.489 e. The summed E-state index contributed by atoms with van der Waals surface area (Å²) in [5.41, 5.74) is 4.13. The maximum Gasteiger partial charge on any atom is 0.149 e. The maximum atomic E-state index is 9.69. The van der Waals surface area contributed by atoms with Gasteiger partial charge in [-0.05, 0) is 72.6 Å². The highest BCUT2D eigenvalue weighted by atomic mass is 79.9. The first-order valence-corrected chi connectivity index (χ1v) is 9.70. The van der Waals surface area contributed by atoms with Crippen molar-refractivity contribution in [3.05, 3.63) is 56.2 Å². The number of aryl methyl sites for hydroxylation is 1. The number of aromatic nitrogens is 2. The molecule has 6 heteroatoms. The van der Waals surface area contributed by atoms with E-state index in [1.807, 2.05) is 51.1 Å². The third-order valence-electron chi connectivity index (χ3n) is 3.70. The van der Waals surface area contributed by atoms with Crippen LogP contribution in [-0.2, 0) is 0 Å². The lowest BCUT2D eigenvalue weighted by Crippen LogP contribution is -2.07. The number of aromatic amines is 1. The van der Waals surface area contributed by atoms with Crippen molar-refractivity contribution >= 4 is 54.5 Å². The molecule has 2 aromatic carbocycles. The number of allylic oxidation sites excluding steroid dienone is 1. The van der Waals surface area contributed by atoms with Crippen LogP contribution in [0.1, 0.15) is 30.8 Å². The Morgan fingerprint density at radius 3 is 2.73 bits per heavy atom. The van der Waals surface area contributed by atoms with Gasteiger partial charge in [0.2, 0.25) is 0 Å². The molecule has 0 aliphatic heterocycles. The average Bonchev–Trinajstić information content (AvgIpc) is 2.98. The summed E-state index contributed by atoms with van der Waals surface area (Å²) in [5.74, 6) is 1.24. The minimum atomic E-state index is 0.0133. The fraction of sp³-hybridized carbons (Fsp3) is 0.200. The third-order valence-corrected chi connectivity index (χ3v) is 4.75. The number of hydrogen-bond acceptors (Lipinski definition) is 3. The summed E-state index contributed by atoms with van der Waals surface area (Å²) >= 11 is 7.04. The molecule has 0 spiro atoms. The molecule has 132 valence electrons. The van der Waals surface area contributed by atoms with Gasteiger partial charge in [0.05, 0.1) is 27.2 Å². The number of nitriles is 1. The van der Waals surface area contributed by atoms with Crippen LogP contribution < -0.4 is 4.74 Å². The molecule has 26 heavy (non-hydrogen) atoms. The van der Waals surface area contributed by atoms with Gasteiger partial charge in [0, 0.05) is 10.0 Å². The predicted molar refractivity (Wildman–Crippen MR) is 112 cm³/mol. The van der Waals surface area contributed by atoms with Gasteiger partial charge in [0.25, 0.3) is 0 Å². The molecule has 0 aliphatic rings. The number of hydrogen-bond donors (Lipinski definition) is 1. The van der Waals surface area contributed by atoms with Gasteiger partial charge in [-0.3, -0.25) is 0 Å². The van der Waals surface area contributed by atoms with Crippen LogP contribution in [0.5, 0.6) is 5.75 Å². The Labute approximate surface area is 169 Å². The molecule has 0 radical (unpaired) electrons. The van der Waals surface area contributed by atoms with Crippen molar-refractivity contribution in [3.8, 4) is 11.8 Å². The SMILES string of the molecule is Cc1ccc2nc(/C(C#N)=C/c3cc(Br)cc(Br)c3OC(C)C)[nH]c2c1. The molecule has 0 amide bonds. The Kier molecular flexibility index (Phi) is 5.49. The van der Waals surface area contributed by atoms with E-state index in [2.05, 4.69) is 47.9 Å². The fourth-order valence-electron chi connectivity index (χ4n) is 2.61. The van der Waals surface area contributed by atoms with E-state index in [0.717, 1.165) is 31.1 Å². The van der Waals surface area contributed by atoms with E-state index in [0.29, 0.717) is 17.1 Å². The first-order valence-electron chi connectivity index (χ1n) is 8.11. The number of nitrogens with zero attached hydrogens (tertiary/aromatic N) is 2. The first-order chi connectivity index (χ1) is 12.4. The average molecular weight is 475 g/mol. The van der Waals surface area contributed by atoms with Crippen LogP contribution >= 0.6 is 31.9 Å². The van der Waals surface area contributed by atoms with Gasteiger partial charge in [-0.15, -0.1) is 0 Å². The first kappa shape index (κ1) is 18.7. The van der Waals surface area contributed by atoms with Crippen molar-refractivity contribution in [3.63, 3.8) is 0 Å². The zero-order valence-corrected chi connectivity index (χ0v) is 17.8. The summed E-state index contributed by atoms with van der Waals surface area (Å²) in [6, 6.07) is 12.1. The zero-order valence-electron chi connectivity index (χ0n) is 14.6. The van der Waals surface area contributed by atoms with Gasteiger partial charge in [-0.2, -0.15) is 5.26 Å². The number of nitrogens with one attached hydrogen (secondary N) is 1. The topological polar surface area (TPSA) is 61.7 Å². The number of rotatable bonds is 4. The van der Waals surface area contributed by atoms with Gasteiger partial charge in [-0.25, -0.2) is 4.98 Å². The van der Waals surface area contributed by atoms with Gasteiger partial charge < -0.3 is 9.72 Å². The third kappa shape index (κ3) is 4.00. The van der Waals surface area contributed by atoms with E-state index in [4.69, 9.17) is 4.74 Å². The molecule has 0 saturated heterocycles. The van der Waals surface area contributed by atoms with Crippen LogP contribution in [0, 0.1) is 18.3 Å². The molecule has 0 saturated carbocycles. The minimum absolute atomic E-state index is 0.0133. The Balaban J connectivity index is 2.12. The second-order valence-electron chi connectivity index (χ2n) is 6.25. The minimum Gasteiger partial charge on any atom is -0.489 e. The molecular formula is C20H17Br2N3O. The lowest BCUT2D eigenvalue weighted by Gasteiger charge is -2.15. The Hall–Kier alpha value is -2.10. The molecule has 3 rings (SSSR count). The van der Waals surface area contributed by atoms with Crippen LogP contribution in [0.2, 0.25) is 0 Å². The van der Waals surface area contributed by atoms with Gasteiger partial charge in [0.15, 0.2) is 0 Å². The van der Waals surface area contributed by atoms with E-state index in [-0.39, 0.29) is 6.10 Å². The van der Waals surface area contributed by atoms with E-state index in [1.165, 1.54) is 0 Å². The molecule has 3 aromatic rings. The molecule has 4 nitrogen and oxygen atoms in total. The van der Waals surface area contributed by atoms with Crippen molar-refractivity contribution in [1.82, 2.24) is 9.97 Å². The van der Waals surface area contributed by atoms with E-state index in [1.54, 1.807) is 6.08 Å². The smallest absolute Gasteiger partial charge is 0.149 e. The normalized spacial score (nSPS) is 11.8. The summed E-state index contributed by atoms with van der Waals surface area (Å²) < 4.78 is 7.65. The summed E-state index contributed by atoms with van der Waals surface area (Å²) in [4.78, 5) is 7.78. The standard InChI is InChI=1S/C20H17Br2N3O/c1-11(2)26-19-13(8-15(21)9-16(19)22)7-14(10-23)20-24-17-5-4-12(3)6-18(17)25-20/h4-9,11H,1-3H3,(H,24,25)/b14-7+. The Morgan fingerprint density at radius 1 is 1.27 bits per heavy atom. The second-order valence-corrected chi connectivity index (χ2v) is 8.02. The number of fused-ring (bicyclic) bond motifs is 1. The second kappa shape index (κ2) is 7.65. The van der Waals surface area contributed by atoms with Crippen molar-refractivity contribution in [1.29, 1.82) is 5.26 Å². The zero-order chi connectivity index (χ0) is 18.8. The molecule has 0 fully saturated rings. The van der Waals surface area contributed by atoms with Crippen molar-refractivity contribution in [2.75, 3.05) is 0 Å². The molecule has 0 unspecified atom stereocenters. The lowest BCUT2D eigenvalue weighted by atomic mass is 10.1. The number of imidazole rings is 1. The lowest BCUT2D eigenvalue weighted by molar-refractivity contribution is 0.240. The predicted octanol–water partition coefficient (Wildman–Crippen LogP) is 6.25. The molecule has 0 aliphatic carbocycles. The fourth-order valence-corrected chi connectivity index (χ4v) is 3.96. The monoisotopic (exact) mass is 473 g/mol. The highest BCUT2D eigenvalue weighted by Crippen LogP contribution is 2.36. The number of benzene rings is 2. The van der Waals surface area contributed by atoms with E-state index >= 15 is 0 Å². The quantitative estimate of drug-likeness (QED) is 0.454. The summed E-state index contributed by atoms with van der Waals surface area (Å²) in [6.45, 7) is 5.96. The number of halogens is 2. The number of ether oxygens (including phenoxy) is 1. The molecule has 1 N–H and O–H groups in total. The summed E-state index contributed by atoms with van der Waals surface area (Å²) in [6.07, 6.45) is 1.80. The summed E-state index contributed by atoms with van der Waals surface area (Å²) in [5, 5.41) is 9.69. The molecule has 0 bridgehead atoms. The van der Waals surface area contributed by atoms with E-state index < -0.39 is 0 Å². The van der Waals surface area contributed by atoms with Crippen LogP contribution in [-0.4, -0.2) is 16.1 Å². The van der Waals surface area contributed by atoms with Gasteiger partial charge in [0.1, 0.15) is 17.6 Å². The van der Waals surface area contributed by atoms with Crippen molar-refractivity contribution in [2.24, 2.45) is 0 Å². The van der Waals surface area contributed by atoms with Crippen LogP contribution in [0.3, 0.4) is 0 Å². The van der Waals surface area contributed by atoms with Gasteiger partial charge >= 0.3 is 0 Å². The molecular weight excluding hydrogens is 458 g/mol. The molecule has 0 atom stereocenters. The van der Waals surface area contributed by atoms with Crippen LogP contribution in [0.15, 0.2) is 39.3 Å². The Bertz CT molecular complexity index is 1050. The molecule has 1 heterocycles. The summed E-state index contributed by atoms with van der Waals surface area (Å²) in [7, 11) is 0. The van der Waals surface area contributed by atoms with Crippen LogP contribution in [0.25, 0.3) is 22.7 Å². The number of H-pyrrole nitrogens is 1.